The predicted octanol–water partition coefficient (Wildman–Crippen LogP) is 2.85. The van der Waals surface area contributed by atoms with Gasteiger partial charge in [-0.1, -0.05) is 0 Å². The van der Waals surface area contributed by atoms with E-state index in [4.69, 9.17) is 18.9 Å². The Morgan fingerprint density at radius 3 is 2.49 bits per heavy atom. The van der Waals surface area contributed by atoms with Gasteiger partial charge >= 0.3 is 0 Å². The molecule has 35 heavy (non-hydrogen) atoms. The lowest BCUT2D eigenvalue weighted by Crippen LogP contribution is -2.32. The Morgan fingerprint density at radius 2 is 1.80 bits per heavy atom. The number of hydrogen-bond acceptors (Lipinski definition) is 8. The summed E-state index contributed by atoms with van der Waals surface area (Å²) in [5, 5.41) is 11.3. The second-order valence-electron chi connectivity index (χ2n) is 8.62. The van der Waals surface area contributed by atoms with Crippen LogP contribution >= 0.6 is 0 Å². The standard InChI is InChI=1S/C26H30N2O7/c1-27(2)10-5-11-28-23(18-8-7-17(32-3)15-20(18)33-4)22(25(30)26(28)31)24(29)16-6-9-19-21(14-16)35-13-12-34-19/h6-9,14-15,23,29H,5,10-13H2,1-4H3/t23-/m0/s1. The molecule has 1 N–H and O–H groups in total. The average Bonchev–Trinajstić information content (AvgIpc) is 3.12. The summed E-state index contributed by atoms with van der Waals surface area (Å²) in [6.07, 6.45) is 0.652. The first-order valence-corrected chi connectivity index (χ1v) is 11.4. The number of nitrogens with zero attached hydrogens (tertiary/aromatic N) is 2. The number of amides is 1. The van der Waals surface area contributed by atoms with E-state index >= 15 is 0 Å². The van der Waals surface area contributed by atoms with E-state index in [1.54, 1.807) is 43.5 Å². The van der Waals surface area contributed by atoms with Crippen LogP contribution in [0.25, 0.3) is 5.76 Å². The van der Waals surface area contributed by atoms with E-state index in [0.29, 0.717) is 60.3 Å². The van der Waals surface area contributed by atoms with E-state index in [-0.39, 0.29) is 11.3 Å². The van der Waals surface area contributed by atoms with Crippen LogP contribution in [0.5, 0.6) is 23.0 Å². The molecular formula is C26H30N2O7. The molecule has 9 nitrogen and oxygen atoms in total. The minimum atomic E-state index is -0.828. The van der Waals surface area contributed by atoms with Crippen LogP contribution < -0.4 is 18.9 Å². The number of carbonyl (C=O) groups is 2. The van der Waals surface area contributed by atoms with Crippen molar-refractivity contribution in [2.24, 2.45) is 0 Å². The monoisotopic (exact) mass is 482 g/mol. The Hall–Kier alpha value is -3.72. The number of aliphatic hydroxyl groups is 1. The Morgan fingerprint density at radius 1 is 1.06 bits per heavy atom. The molecule has 0 saturated carbocycles. The third-order valence-corrected chi connectivity index (χ3v) is 6.10. The molecule has 0 unspecified atom stereocenters. The molecule has 186 valence electrons. The normalized spacial score (nSPS) is 18.8. The number of aliphatic hydroxyl groups excluding tert-OH is 1. The van der Waals surface area contributed by atoms with Crippen LogP contribution in [0.3, 0.4) is 0 Å². The lowest BCUT2D eigenvalue weighted by Gasteiger charge is -2.27. The van der Waals surface area contributed by atoms with Gasteiger partial charge in [0.2, 0.25) is 0 Å². The van der Waals surface area contributed by atoms with Crippen LogP contribution in [0.1, 0.15) is 23.6 Å². The molecule has 2 aromatic carbocycles. The summed E-state index contributed by atoms with van der Waals surface area (Å²) in [6, 6.07) is 9.30. The van der Waals surface area contributed by atoms with E-state index in [9.17, 15) is 14.7 Å². The quantitative estimate of drug-likeness (QED) is 0.349. The maximum absolute atomic E-state index is 13.3. The summed E-state index contributed by atoms with van der Waals surface area (Å²) in [5.41, 5.74) is 0.939. The number of ether oxygens (including phenoxy) is 4. The Bertz CT molecular complexity index is 1160. The zero-order valence-electron chi connectivity index (χ0n) is 20.4. The van der Waals surface area contributed by atoms with Gasteiger partial charge in [0.05, 0.1) is 25.8 Å². The van der Waals surface area contributed by atoms with Gasteiger partial charge in [-0.2, -0.15) is 0 Å². The van der Waals surface area contributed by atoms with Crippen LogP contribution in [0.4, 0.5) is 0 Å². The molecule has 2 aliphatic heterocycles. The van der Waals surface area contributed by atoms with Gasteiger partial charge in [-0.25, -0.2) is 0 Å². The van der Waals surface area contributed by atoms with E-state index in [1.165, 1.54) is 12.0 Å². The van der Waals surface area contributed by atoms with E-state index < -0.39 is 17.7 Å². The second-order valence-corrected chi connectivity index (χ2v) is 8.62. The highest BCUT2D eigenvalue weighted by molar-refractivity contribution is 6.46. The topological polar surface area (TPSA) is 97.8 Å². The fourth-order valence-corrected chi connectivity index (χ4v) is 4.38. The van der Waals surface area contributed by atoms with Crippen molar-refractivity contribution in [1.29, 1.82) is 0 Å². The zero-order chi connectivity index (χ0) is 25.1. The molecule has 0 aliphatic carbocycles. The fourth-order valence-electron chi connectivity index (χ4n) is 4.38. The molecule has 0 spiro atoms. The minimum Gasteiger partial charge on any atom is -0.507 e. The van der Waals surface area contributed by atoms with Crippen molar-refractivity contribution in [3.63, 3.8) is 0 Å². The molecule has 2 aliphatic rings. The van der Waals surface area contributed by atoms with Crippen molar-refractivity contribution < 1.29 is 33.6 Å². The number of likely N-dealkylation sites (tertiary alicyclic amines) is 1. The SMILES string of the molecule is COc1ccc([C@H]2C(=C(O)c3ccc4c(c3)OCCO4)C(=O)C(=O)N2CCCN(C)C)c(OC)c1. The molecule has 1 fully saturated rings. The molecule has 2 heterocycles. The lowest BCUT2D eigenvalue weighted by atomic mass is 9.94. The van der Waals surface area contributed by atoms with Gasteiger partial charge in [0.15, 0.2) is 11.5 Å². The number of fused-ring (bicyclic) bond motifs is 1. The molecule has 1 saturated heterocycles. The van der Waals surface area contributed by atoms with Gasteiger partial charge in [-0.05, 0) is 57.4 Å². The molecule has 1 atom stereocenters. The van der Waals surface area contributed by atoms with E-state index in [2.05, 4.69) is 0 Å². The van der Waals surface area contributed by atoms with Gasteiger partial charge in [0, 0.05) is 23.7 Å². The summed E-state index contributed by atoms with van der Waals surface area (Å²) < 4.78 is 22.1. The van der Waals surface area contributed by atoms with Crippen molar-refractivity contribution in [1.82, 2.24) is 9.80 Å². The third kappa shape index (κ3) is 4.77. The molecule has 0 radical (unpaired) electrons. The molecular weight excluding hydrogens is 452 g/mol. The van der Waals surface area contributed by atoms with Crippen molar-refractivity contribution in [2.75, 3.05) is 54.6 Å². The first-order chi connectivity index (χ1) is 16.8. The van der Waals surface area contributed by atoms with Crippen molar-refractivity contribution in [3.8, 4) is 23.0 Å². The van der Waals surface area contributed by atoms with E-state index in [1.807, 2.05) is 19.0 Å². The van der Waals surface area contributed by atoms with Gasteiger partial charge in [-0.3, -0.25) is 9.59 Å². The van der Waals surface area contributed by atoms with Crippen LogP contribution in [-0.4, -0.2) is 81.2 Å². The highest BCUT2D eigenvalue weighted by Gasteiger charge is 2.47. The fraction of sp³-hybridized carbons (Fsp3) is 0.385. The maximum atomic E-state index is 13.3. The molecule has 1 amide bonds. The Balaban J connectivity index is 1.84. The Kier molecular flexibility index (Phi) is 7.16. The lowest BCUT2D eigenvalue weighted by molar-refractivity contribution is -0.140. The highest BCUT2D eigenvalue weighted by Crippen LogP contribution is 2.44. The van der Waals surface area contributed by atoms with Gasteiger partial charge in [-0.15, -0.1) is 0 Å². The molecule has 4 rings (SSSR count). The summed E-state index contributed by atoms with van der Waals surface area (Å²) in [5.74, 6) is 0.363. The van der Waals surface area contributed by atoms with Gasteiger partial charge in [0.1, 0.15) is 30.5 Å². The molecule has 0 bridgehead atoms. The first kappa shape index (κ1) is 24.4. The number of benzene rings is 2. The minimum absolute atomic E-state index is 0.00000213. The smallest absolute Gasteiger partial charge is 0.295 e. The number of Topliss-reactive ketones (excluding diaryl/α,β-unsaturated/α-hetero) is 1. The van der Waals surface area contributed by atoms with E-state index in [0.717, 1.165) is 6.54 Å². The number of ketones is 1. The summed E-state index contributed by atoms with van der Waals surface area (Å²) in [7, 11) is 6.95. The molecule has 9 heteroatoms. The summed E-state index contributed by atoms with van der Waals surface area (Å²) in [4.78, 5) is 30.0. The van der Waals surface area contributed by atoms with Crippen molar-refractivity contribution >= 4 is 17.4 Å². The second kappa shape index (κ2) is 10.3. The zero-order valence-corrected chi connectivity index (χ0v) is 20.4. The first-order valence-electron chi connectivity index (χ1n) is 11.4. The summed E-state index contributed by atoms with van der Waals surface area (Å²) >= 11 is 0. The number of methoxy groups -OCH3 is 2. The predicted molar refractivity (Wildman–Crippen MR) is 129 cm³/mol. The van der Waals surface area contributed by atoms with Gasteiger partial charge < -0.3 is 33.9 Å². The molecule has 2 aromatic rings. The number of rotatable bonds is 8. The summed E-state index contributed by atoms with van der Waals surface area (Å²) in [6.45, 7) is 1.89. The van der Waals surface area contributed by atoms with Crippen molar-refractivity contribution in [3.05, 3.63) is 53.1 Å². The van der Waals surface area contributed by atoms with Crippen LogP contribution in [-0.2, 0) is 9.59 Å². The van der Waals surface area contributed by atoms with Crippen LogP contribution in [0.2, 0.25) is 0 Å². The Labute approximate surface area is 204 Å². The third-order valence-electron chi connectivity index (χ3n) is 6.10. The molecule has 0 aromatic heterocycles. The highest BCUT2D eigenvalue weighted by atomic mass is 16.6. The van der Waals surface area contributed by atoms with Gasteiger partial charge in [0.25, 0.3) is 11.7 Å². The van der Waals surface area contributed by atoms with Crippen LogP contribution in [0, 0.1) is 0 Å². The largest absolute Gasteiger partial charge is 0.507 e. The van der Waals surface area contributed by atoms with Crippen LogP contribution in [0.15, 0.2) is 42.0 Å². The van der Waals surface area contributed by atoms with Crippen molar-refractivity contribution in [2.45, 2.75) is 12.5 Å². The maximum Gasteiger partial charge on any atom is 0.295 e. The number of hydrogen-bond donors (Lipinski definition) is 1. The number of carbonyl (C=O) groups excluding carboxylic acids is 2. The average molecular weight is 483 g/mol.